The summed E-state index contributed by atoms with van der Waals surface area (Å²) in [6.07, 6.45) is 0.403. The van der Waals surface area contributed by atoms with E-state index in [1.807, 2.05) is 42.5 Å². The number of carboxylic acids is 1. The molecule has 0 aliphatic heterocycles. The molecule has 2 aromatic carbocycles. The van der Waals surface area contributed by atoms with E-state index in [4.69, 9.17) is 5.11 Å². The molecule has 1 heterocycles. The van der Waals surface area contributed by atoms with Crippen LogP contribution in [-0.4, -0.2) is 16.1 Å². The van der Waals surface area contributed by atoms with E-state index in [1.54, 1.807) is 6.92 Å². The molecule has 3 aromatic rings. The maximum Gasteiger partial charge on any atom is 0.337 e. The van der Waals surface area contributed by atoms with E-state index >= 15 is 0 Å². The number of fused-ring (bicyclic) bond motifs is 1. The Hall–Kier alpha value is -2.88. The van der Waals surface area contributed by atoms with Gasteiger partial charge in [0.2, 0.25) is 0 Å². The summed E-state index contributed by atoms with van der Waals surface area (Å²) in [5.41, 5.74) is 1.70. The van der Waals surface area contributed by atoms with Gasteiger partial charge in [-0.15, -0.1) is 0 Å². The van der Waals surface area contributed by atoms with E-state index in [-0.39, 0.29) is 11.1 Å². The Labute approximate surface area is 127 Å². The molecule has 0 radical (unpaired) electrons. The third-order valence-electron chi connectivity index (χ3n) is 3.75. The van der Waals surface area contributed by atoms with E-state index in [1.165, 1.54) is 6.07 Å². The molecule has 0 saturated carbocycles. The highest BCUT2D eigenvalue weighted by Crippen LogP contribution is 2.17. The molecule has 110 valence electrons. The number of carbonyl (C=O) groups is 1. The quantitative estimate of drug-likeness (QED) is 0.779. The maximum absolute atomic E-state index is 12.0. The van der Waals surface area contributed by atoms with E-state index in [0.29, 0.717) is 17.7 Å². The van der Waals surface area contributed by atoms with Gasteiger partial charge in [-0.25, -0.2) is 4.79 Å². The monoisotopic (exact) mass is 293 g/mol. The van der Waals surface area contributed by atoms with Crippen LogP contribution >= 0.6 is 0 Å². The van der Waals surface area contributed by atoms with Gasteiger partial charge in [0, 0.05) is 17.7 Å². The van der Waals surface area contributed by atoms with Gasteiger partial charge in [-0.2, -0.15) is 0 Å². The van der Waals surface area contributed by atoms with Crippen molar-refractivity contribution in [3.05, 3.63) is 81.3 Å². The Bertz CT molecular complexity index is 925. The van der Waals surface area contributed by atoms with Crippen LogP contribution in [0.5, 0.6) is 0 Å². The highest BCUT2D eigenvalue weighted by Gasteiger charge is 2.12. The minimum absolute atomic E-state index is 0.135. The summed E-state index contributed by atoms with van der Waals surface area (Å²) in [4.78, 5) is 25.8. The molecule has 0 fully saturated rings. The second-order valence-corrected chi connectivity index (χ2v) is 5.33. The number of hydrogen-bond acceptors (Lipinski definition) is 2. The average Bonchev–Trinajstić information content (AvgIpc) is 2.49. The molecule has 0 atom stereocenters. The van der Waals surface area contributed by atoms with Crippen molar-refractivity contribution in [1.29, 1.82) is 0 Å². The Morgan fingerprint density at radius 3 is 2.55 bits per heavy atom. The van der Waals surface area contributed by atoms with Crippen molar-refractivity contribution in [2.45, 2.75) is 13.3 Å². The van der Waals surface area contributed by atoms with Crippen molar-refractivity contribution in [2.24, 2.45) is 0 Å². The number of aryl methyl sites for hydroxylation is 1. The first-order valence-corrected chi connectivity index (χ1v) is 6.98. The average molecular weight is 293 g/mol. The van der Waals surface area contributed by atoms with Crippen LogP contribution in [0.15, 0.2) is 53.3 Å². The van der Waals surface area contributed by atoms with E-state index < -0.39 is 5.97 Å². The van der Waals surface area contributed by atoms with Crippen molar-refractivity contribution < 1.29 is 9.90 Å². The van der Waals surface area contributed by atoms with Crippen LogP contribution in [0.1, 0.15) is 27.2 Å². The molecule has 0 aliphatic rings. The zero-order valence-electron chi connectivity index (χ0n) is 12.1. The van der Waals surface area contributed by atoms with Gasteiger partial charge in [0.1, 0.15) is 0 Å². The van der Waals surface area contributed by atoms with Crippen LogP contribution in [-0.2, 0) is 6.42 Å². The second kappa shape index (κ2) is 5.48. The molecule has 0 aliphatic carbocycles. The van der Waals surface area contributed by atoms with Gasteiger partial charge in [0.15, 0.2) is 0 Å². The van der Waals surface area contributed by atoms with Crippen LogP contribution in [0.25, 0.3) is 10.8 Å². The van der Waals surface area contributed by atoms with E-state index in [2.05, 4.69) is 4.98 Å². The molecule has 4 heteroatoms. The largest absolute Gasteiger partial charge is 0.478 e. The van der Waals surface area contributed by atoms with E-state index in [0.717, 1.165) is 16.3 Å². The Morgan fingerprint density at radius 2 is 1.82 bits per heavy atom. The lowest BCUT2D eigenvalue weighted by atomic mass is 10.0. The summed E-state index contributed by atoms with van der Waals surface area (Å²) < 4.78 is 0. The number of rotatable bonds is 3. The summed E-state index contributed by atoms with van der Waals surface area (Å²) in [6, 6.07) is 15.4. The number of aromatic carboxylic acids is 1. The Morgan fingerprint density at radius 1 is 1.09 bits per heavy atom. The van der Waals surface area contributed by atoms with Gasteiger partial charge < -0.3 is 10.1 Å². The van der Waals surface area contributed by atoms with Crippen molar-refractivity contribution >= 4 is 16.7 Å². The fourth-order valence-electron chi connectivity index (χ4n) is 2.59. The van der Waals surface area contributed by atoms with Crippen LogP contribution in [0.4, 0.5) is 0 Å². The number of pyridine rings is 1. The fourth-order valence-corrected chi connectivity index (χ4v) is 2.59. The summed E-state index contributed by atoms with van der Waals surface area (Å²) >= 11 is 0. The van der Waals surface area contributed by atoms with Gasteiger partial charge in [0.25, 0.3) is 5.56 Å². The number of hydrogen-bond donors (Lipinski definition) is 2. The third-order valence-corrected chi connectivity index (χ3v) is 3.75. The SMILES string of the molecule is Cc1[nH]c(=O)c(Cc2ccc3ccccc3c2)cc1C(=O)O. The zero-order chi connectivity index (χ0) is 15.7. The second-order valence-electron chi connectivity index (χ2n) is 5.33. The highest BCUT2D eigenvalue weighted by molar-refractivity contribution is 5.89. The predicted molar refractivity (Wildman–Crippen MR) is 85.5 cm³/mol. The molecule has 0 amide bonds. The minimum Gasteiger partial charge on any atom is -0.478 e. The summed E-state index contributed by atoms with van der Waals surface area (Å²) in [5, 5.41) is 11.4. The molecule has 3 rings (SSSR count). The summed E-state index contributed by atoms with van der Waals surface area (Å²) in [7, 11) is 0. The summed E-state index contributed by atoms with van der Waals surface area (Å²) in [6.45, 7) is 1.59. The number of carboxylic acid groups (broad SMARTS) is 1. The molecule has 4 nitrogen and oxygen atoms in total. The van der Waals surface area contributed by atoms with Crippen LogP contribution < -0.4 is 5.56 Å². The van der Waals surface area contributed by atoms with Crippen LogP contribution in [0.3, 0.4) is 0 Å². The van der Waals surface area contributed by atoms with Gasteiger partial charge in [-0.05, 0) is 29.3 Å². The number of H-pyrrole nitrogens is 1. The lowest BCUT2D eigenvalue weighted by molar-refractivity contribution is 0.0695. The first kappa shape index (κ1) is 14.1. The summed E-state index contributed by atoms with van der Waals surface area (Å²) in [5.74, 6) is -1.03. The first-order valence-electron chi connectivity index (χ1n) is 6.98. The maximum atomic E-state index is 12.0. The standard InChI is InChI=1S/C18H15NO3/c1-11-16(18(21)22)10-15(17(20)19-11)9-12-6-7-13-4-2-3-5-14(13)8-12/h2-8,10H,9H2,1H3,(H,19,20)(H,21,22). The van der Waals surface area contributed by atoms with Crippen LogP contribution in [0.2, 0.25) is 0 Å². The Balaban J connectivity index is 2.02. The van der Waals surface area contributed by atoms with Crippen LogP contribution in [0, 0.1) is 6.92 Å². The Kier molecular flexibility index (Phi) is 3.51. The molecule has 0 spiro atoms. The fraction of sp³-hybridized carbons (Fsp3) is 0.111. The van der Waals surface area contributed by atoms with Crippen molar-refractivity contribution in [3.63, 3.8) is 0 Å². The molecular weight excluding hydrogens is 278 g/mol. The molecule has 2 N–H and O–H groups in total. The lowest BCUT2D eigenvalue weighted by Crippen LogP contribution is -2.17. The minimum atomic E-state index is -1.03. The molecule has 0 bridgehead atoms. The normalized spacial score (nSPS) is 10.8. The zero-order valence-corrected chi connectivity index (χ0v) is 12.1. The van der Waals surface area contributed by atoms with Crippen molar-refractivity contribution in [3.8, 4) is 0 Å². The van der Waals surface area contributed by atoms with Gasteiger partial charge in [0.05, 0.1) is 5.56 Å². The van der Waals surface area contributed by atoms with Gasteiger partial charge in [-0.1, -0.05) is 42.5 Å². The molecule has 22 heavy (non-hydrogen) atoms. The lowest BCUT2D eigenvalue weighted by Gasteiger charge is -2.06. The smallest absolute Gasteiger partial charge is 0.337 e. The van der Waals surface area contributed by atoms with E-state index in [9.17, 15) is 9.59 Å². The van der Waals surface area contributed by atoms with Gasteiger partial charge in [-0.3, -0.25) is 4.79 Å². The topological polar surface area (TPSA) is 70.2 Å². The van der Waals surface area contributed by atoms with Crippen molar-refractivity contribution in [2.75, 3.05) is 0 Å². The molecule has 0 unspecified atom stereocenters. The number of nitrogens with one attached hydrogen (secondary N) is 1. The highest BCUT2D eigenvalue weighted by atomic mass is 16.4. The number of benzene rings is 2. The third kappa shape index (κ3) is 2.63. The number of aromatic amines is 1. The molecular formula is C18H15NO3. The number of aromatic nitrogens is 1. The van der Waals surface area contributed by atoms with Crippen molar-refractivity contribution in [1.82, 2.24) is 4.98 Å². The molecule has 0 saturated heterocycles. The predicted octanol–water partition coefficient (Wildman–Crippen LogP) is 3.13. The first-order chi connectivity index (χ1) is 10.5. The van der Waals surface area contributed by atoms with Gasteiger partial charge >= 0.3 is 5.97 Å². The molecule has 1 aromatic heterocycles.